The first-order chi connectivity index (χ1) is 8.85. The van der Waals surface area contributed by atoms with Crippen LogP contribution in [0.5, 0.6) is 0 Å². The van der Waals surface area contributed by atoms with E-state index in [-0.39, 0.29) is 5.91 Å². The van der Waals surface area contributed by atoms with Gasteiger partial charge in [-0.25, -0.2) is 0 Å². The van der Waals surface area contributed by atoms with Crippen LogP contribution in [0, 0.1) is 12.3 Å². The molecular weight excluding hydrogens is 240 g/mol. The number of carbonyl (C=O) groups is 1. The number of carbonyl (C=O) groups excluding carboxylic acids is 1. The highest BCUT2D eigenvalue weighted by atomic mass is 16.2. The van der Waals surface area contributed by atoms with Gasteiger partial charge in [-0.2, -0.15) is 0 Å². The van der Waals surface area contributed by atoms with Crippen LogP contribution in [-0.2, 0) is 4.79 Å². The van der Waals surface area contributed by atoms with Gasteiger partial charge < -0.3 is 16.4 Å². The van der Waals surface area contributed by atoms with Gasteiger partial charge in [0.2, 0.25) is 5.91 Å². The maximum atomic E-state index is 11.6. The quantitative estimate of drug-likeness (QED) is 0.568. The summed E-state index contributed by atoms with van der Waals surface area (Å²) in [6.07, 6.45) is 0. The van der Waals surface area contributed by atoms with Crippen molar-refractivity contribution in [2.45, 2.75) is 20.8 Å². The molecule has 0 fully saturated rings. The third kappa shape index (κ3) is 4.62. The van der Waals surface area contributed by atoms with E-state index in [0.717, 1.165) is 5.69 Å². The minimum absolute atomic E-state index is 0.0561. The van der Waals surface area contributed by atoms with Crippen molar-refractivity contribution < 1.29 is 4.79 Å². The van der Waals surface area contributed by atoms with Crippen LogP contribution in [0.25, 0.3) is 0 Å². The summed E-state index contributed by atoms with van der Waals surface area (Å²) in [5, 5.41) is 5.61. The predicted octanol–water partition coefficient (Wildman–Crippen LogP) is 1.49. The Labute approximate surface area is 114 Å². The van der Waals surface area contributed by atoms with E-state index >= 15 is 0 Å². The molecule has 4 N–H and O–H groups in total. The number of amides is 1. The zero-order valence-electron chi connectivity index (χ0n) is 11.9. The summed E-state index contributed by atoms with van der Waals surface area (Å²) in [6.45, 7) is 6.01. The molecule has 5 nitrogen and oxygen atoms in total. The van der Waals surface area contributed by atoms with Gasteiger partial charge in [0.1, 0.15) is 0 Å². The fraction of sp³-hybridized carbons (Fsp3) is 0.429. The minimum Gasteiger partial charge on any atom is -0.370 e. The number of aryl methyl sites for hydroxylation is 1. The average Bonchev–Trinajstić information content (AvgIpc) is 2.38. The molecule has 0 aromatic heterocycles. The summed E-state index contributed by atoms with van der Waals surface area (Å²) in [7, 11) is 1.61. The van der Waals surface area contributed by atoms with Crippen LogP contribution in [0.2, 0.25) is 0 Å². The van der Waals surface area contributed by atoms with E-state index in [1.54, 1.807) is 7.05 Å². The van der Waals surface area contributed by atoms with Crippen LogP contribution in [0.15, 0.2) is 29.3 Å². The highest BCUT2D eigenvalue weighted by molar-refractivity contribution is 5.92. The number of guanidine groups is 1. The van der Waals surface area contributed by atoms with Gasteiger partial charge in [0.15, 0.2) is 5.96 Å². The average molecular weight is 262 g/mol. The van der Waals surface area contributed by atoms with E-state index < -0.39 is 5.41 Å². The molecule has 0 spiro atoms. The van der Waals surface area contributed by atoms with E-state index in [9.17, 15) is 4.79 Å². The van der Waals surface area contributed by atoms with Crippen molar-refractivity contribution in [3.8, 4) is 0 Å². The van der Waals surface area contributed by atoms with Gasteiger partial charge in [-0.15, -0.1) is 0 Å². The van der Waals surface area contributed by atoms with Crippen LogP contribution in [0.1, 0.15) is 19.4 Å². The van der Waals surface area contributed by atoms with E-state index in [1.807, 2.05) is 45.0 Å². The van der Waals surface area contributed by atoms with Crippen molar-refractivity contribution >= 4 is 17.6 Å². The molecule has 0 saturated carbocycles. The lowest BCUT2D eigenvalue weighted by Gasteiger charge is -2.20. The predicted molar refractivity (Wildman–Crippen MR) is 79.1 cm³/mol. The molecule has 1 aromatic carbocycles. The summed E-state index contributed by atoms with van der Waals surface area (Å²) in [4.78, 5) is 15.8. The molecule has 19 heavy (non-hydrogen) atoms. The smallest absolute Gasteiger partial charge is 0.227 e. The minimum atomic E-state index is -0.575. The van der Waals surface area contributed by atoms with Crippen molar-refractivity contribution in [2.24, 2.45) is 16.1 Å². The first kappa shape index (κ1) is 15.0. The van der Waals surface area contributed by atoms with E-state index in [1.165, 1.54) is 5.56 Å². The number of hydrogen-bond acceptors (Lipinski definition) is 2. The Morgan fingerprint density at radius 3 is 2.42 bits per heavy atom. The molecule has 0 bridgehead atoms. The van der Waals surface area contributed by atoms with Crippen molar-refractivity contribution in [2.75, 3.05) is 18.9 Å². The fourth-order valence-corrected chi connectivity index (χ4v) is 1.52. The normalized spacial score (nSPS) is 12.1. The van der Waals surface area contributed by atoms with Gasteiger partial charge in [-0.05, 0) is 32.9 Å². The first-order valence-corrected chi connectivity index (χ1v) is 6.21. The Bertz CT molecular complexity index is 463. The Morgan fingerprint density at radius 1 is 1.32 bits per heavy atom. The van der Waals surface area contributed by atoms with Gasteiger partial charge in [0, 0.05) is 12.7 Å². The third-order valence-corrected chi connectivity index (χ3v) is 2.81. The summed E-state index contributed by atoms with van der Waals surface area (Å²) in [6, 6.07) is 7.84. The maximum absolute atomic E-state index is 11.6. The molecule has 0 atom stereocenters. The molecule has 1 amide bonds. The number of nitrogens with zero attached hydrogens (tertiary/aromatic N) is 1. The second-order valence-electron chi connectivity index (χ2n) is 5.16. The lowest BCUT2D eigenvalue weighted by molar-refractivity contribution is -0.128. The van der Waals surface area contributed by atoms with Gasteiger partial charge in [0.05, 0.1) is 12.0 Å². The molecular formula is C14H22N4O. The highest BCUT2D eigenvalue weighted by Crippen LogP contribution is 2.15. The van der Waals surface area contributed by atoms with Crippen LogP contribution >= 0.6 is 0 Å². The second kappa shape index (κ2) is 6.22. The molecule has 1 rings (SSSR count). The molecule has 0 radical (unpaired) electrons. The zero-order valence-corrected chi connectivity index (χ0v) is 11.9. The summed E-state index contributed by atoms with van der Waals surface area (Å²) < 4.78 is 0. The lowest BCUT2D eigenvalue weighted by atomic mass is 9.93. The molecule has 5 heteroatoms. The van der Waals surface area contributed by atoms with Crippen LogP contribution < -0.4 is 16.4 Å². The van der Waals surface area contributed by atoms with Gasteiger partial charge in [0.25, 0.3) is 0 Å². The van der Waals surface area contributed by atoms with Crippen LogP contribution in [0.4, 0.5) is 5.69 Å². The largest absolute Gasteiger partial charge is 0.370 e. The third-order valence-electron chi connectivity index (χ3n) is 2.81. The number of rotatable bonds is 4. The van der Waals surface area contributed by atoms with Gasteiger partial charge >= 0.3 is 0 Å². The van der Waals surface area contributed by atoms with E-state index in [0.29, 0.717) is 12.5 Å². The number of anilines is 1. The monoisotopic (exact) mass is 262 g/mol. The van der Waals surface area contributed by atoms with Crippen molar-refractivity contribution in [1.29, 1.82) is 0 Å². The highest BCUT2D eigenvalue weighted by Gasteiger charge is 2.26. The Kier molecular flexibility index (Phi) is 4.92. The lowest BCUT2D eigenvalue weighted by Crippen LogP contribution is -2.37. The van der Waals surface area contributed by atoms with Crippen LogP contribution in [-0.4, -0.2) is 25.5 Å². The van der Waals surface area contributed by atoms with Gasteiger partial charge in [-0.1, -0.05) is 17.7 Å². The number of hydrogen-bond donors (Lipinski definition) is 3. The number of benzene rings is 1. The molecule has 0 aliphatic rings. The number of aliphatic imine (C=N–C) groups is 1. The topological polar surface area (TPSA) is 79.5 Å². The second-order valence-corrected chi connectivity index (χ2v) is 5.16. The van der Waals surface area contributed by atoms with Crippen LogP contribution in [0.3, 0.4) is 0 Å². The summed E-state index contributed by atoms with van der Waals surface area (Å²) in [5.74, 6) is 0.250. The SMILES string of the molecule is CNC(=O)C(C)(C)CN=C(N)Nc1ccc(C)cc1. The van der Waals surface area contributed by atoms with E-state index in [4.69, 9.17) is 5.73 Å². The molecule has 0 heterocycles. The first-order valence-electron chi connectivity index (χ1n) is 6.21. The molecule has 0 aliphatic carbocycles. The molecule has 0 saturated heterocycles. The van der Waals surface area contributed by atoms with Crippen molar-refractivity contribution in [1.82, 2.24) is 5.32 Å². The zero-order chi connectivity index (χ0) is 14.5. The van der Waals surface area contributed by atoms with E-state index in [2.05, 4.69) is 15.6 Å². The number of nitrogens with two attached hydrogens (primary N) is 1. The van der Waals surface area contributed by atoms with Crippen molar-refractivity contribution in [3.63, 3.8) is 0 Å². The standard InChI is InChI=1S/C14H22N4O/c1-10-5-7-11(8-6-10)18-13(15)17-9-14(2,3)12(19)16-4/h5-8H,9H2,1-4H3,(H,16,19)(H3,15,17,18). The fourth-order valence-electron chi connectivity index (χ4n) is 1.52. The Morgan fingerprint density at radius 2 is 1.89 bits per heavy atom. The maximum Gasteiger partial charge on any atom is 0.227 e. The number of nitrogens with one attached hydrogen (secondary N) is 2. The molecule has 0 aliphatic heterocycles. The Hall–Kier alpha value is -2.04. The molecule has 1 aromatic rings. The summed E-state index contributed by atoms with van der Waals surface area (Å²) >= 11 is 0. The van der Waals surface area contributed by atoms with Gasteiger partial charge in [-0.3, -0.25) is 9.79 Å². The Balaban J connectivity index is 2.63. The molecule has 0 unspecified atom stereocenters. The molecule has 104 valence electrons. The van der Waals surface area contributed by atoms with Crippen molar-refractivity contribution in [3.05, 3.63) is 29.8 Å². The summed E-state index contributed by atoms with van der Waals surface area (Å²) in [5.41, 5.74) is 7.29.